The third-order valence-electron chi connectivity index (χ3n) is 3.19. The van der Waals surface area contributed by atoms with Gasteiger partial charge in [0.2, 0.25) is 9.76 Å². The van der Waals surface area contributed by atoms with Crippen molar-refractivity contribution in [3.8, 4) is 0 Å². The maximum absolute atomic E-state index is 13.5. The summed E-state index contributed by atoms with van der Waals surface area (Å²) in [5, 5.41) is 0. The lowest BCUT2D eigenvalue weighted by Crippen LogP contribution is -2.28. The lowest BCUT2D eigenvalue weighted by atomic mass is 10.1. The van der Waals surface area contributed by atoms with Crippen molar-refractivity contribution in [3.05, 3.63) is 35.4 Å². The zero-order chi connectivity index (χ0) is 17.9. The molecule has 6 heteroatoms. The van der Waals surface area contributed by atoms with Crippen molar-refractivity contribution in [2.24, 2.45) is 0 Å². The van der Waals surface area contributed by atoms with E-state index in [0.717, 1.165) is 31.4 Å². The van der Waals surface area contributed by atoms with Gasteiger partial charge < -0.3 is 13.9 Å². The number of benzene rings is 1. The Hall–Kier alpha value is -0.823. The quantitative estimate of drug-likeness (QED) is 0.303. The van der Waals surface area contributed by atoms with Gasteiger partial charge in [-0.05, 0) is 58.2 Å². The van der Waals surface area contributed by atoms with Gasteiger partial charge in [-0.3, -0.25) is 0 Å². The van der Waals surface area contributed by atoms with E-state index in [4.69, 9.17) is 13.9 Å². The molecule has 0 amide bonds. The van der Waals surface area contributed by atoms with Crippen molar-refractivity contribution in [3.63, 3.8) is 0 Å². The first-order valence-electron chi connectivity index (χ1n) is 8.52. The molecule has 0 heterocycles. The molecule has 1 aromatic rings. The van der Waals surface area contributed by atoms with Gasteiger partial charge in [-0.2, -0.15) is 0 Å². The number of rotatable bonds is 12. The summed E-state index contributed by atoms with van der Waals surface area (Å²) in [5.41, 5.74) is 0.575. The Labute approximate surface area is 146 Å². The van der Waals surface area contributed by atoms with Crippen LogP contribution in [0.15, 0.2) is 18.2 Å². The highest BCUT2D eigenvalue weighted by Crippen LogP contribution is 2.14. The Morgan fingerprint density at radius 2 is 1.62 bits per heavy atom. The fourth-order valence-electron chi connectivity index (χ4n) is 2.07. The molecule has 0 saturated carbocycles. The zero-order valence-electron chi connectivity index (χ0n) is 15.0. The molecule has 1 aromatic carbocycles. The monoisotopic (exact) mass is 358 g/mol. The molecule has 0 bridgehead atoms. The van der Waals surface area contributed by atoms with Crippen LogP contribution in [0.4, 0.5) is 8.78 Å². The molecule has 2 radical (unpaired) electrons. The van der Waals surface area contributed by atoms with Crippen LogP contribution in [0.25, 0.3) is 0 Å². The minimum atomic E-state index is -0.614. The molecule has 0 aliphatic rings. The number of hydrogen-bond donors (Lipinski definition) is 0. The third-order valence-corrected chi connectivity index (χ3v) is 4.10. The van der Waals surface area contributed by atoms with Crippen LogP contribution >= 0.6 is 0 Å². The second-order valence-electron chi connectivity index (χ2n) is 6.22. The van der Waals surface area contributed by atoms with Crippen molar-refractivity contribution in [1.29, 1.82) is 0 Å². The number of ether oxygens (including phenoxy) is 2. The molecule has 0 aliphatic heterocycles. The van der Waals surface area contributed by atoms with E-state index in [2.05, 4.69) is 0 Å². The second-order valence-corrected chi connectivity index (χ2v) is 7.24. The van der Waals surface area contributed by atoms with Crippen molar-refractivity contribution < 1.29 is 22.7 Å². The standard InChI is InChI=1S/C18H28F2O3Si/c1-13(2)21-18(22-14(3)4)23-24-11-7-5-6-8-15-9-10-16(19)12-17(15)20/h9-10,12-14,18H,5-8,11H2,1-4H3. The summed E-state index contributed by atoms with van der Waals surface area (Å²) in [6, 6.07) is 4.68. The lowest BCUT2D eigenvalue weighted by Gasteiger charge is -2.22. The highest BCUT2D eigenvalue weighted by atomic mass is 28.2. The average Bonchev–Trinajstić information content (AvgIpc) is 2.46. The van der Waals surface area contributed by atoms with Crippen LogP contribution in [0.2, 0.25) is 6.04 Å². The molecule has 3 nitrogen and oxygen atoms in total. The Morgan fingerprint density at radius 1 is 0.958 bits per heavy atom. The van der Waals surface area contributed by atoms with E-state index in [1.165, 1.54) is 12.1 Å². The molecule has 1 rings (SSSR count). The molecule has 0 N–H and O–H groups in total. The van der Waals surface area contributed by atoms with Crippen LogP contribution in [0, 0.1) is 11.6 Å². The predicted octanol–water partition coefficient (Wildman–Crippen LogP) is 4.87. The molecule has 0 unspecified atom stereocenters. The van der Waals surface area contributed by atoms with Crippen molar-refractivity contribution in [1.82, 2.24) is 0 Å². The van der Waals surface area contributed by atoms with Crippen LogP contribution in [-0.2, 0) is 20.3 Å². The smallest absolute Gasteiger partial charge is 0.262 e. The minimum Gasteiger partial charge on any atom is -0.372 e. The van der Waals surface area contributed by atoms with Crippen molar-refractivity contribution in [2.45, 2.75) is 78.1 Å². The molecule has 0 aromatic heterocycles. The van der Waals surface area contributed by atoms with Gasteiger partial charge in [-0.1, -0.05) is 18.9 Å². The summed E-state index contributed by atoms with van der Waals surface area (Å²) < 4.78 is 43.1. The molecule has 0 aliphatic carbocycles. The predicted molar refractivity (Wildman–Crippen MR) is 91.8 cm³/mol. The molecule has 0 fully saturated rings. The van der Waals surface area contributed by atoms with E-state index in [9.17, 15) is 8.78 Å². The van der Waals surface area contributed by atoms with Gasteiger partial charge in [0, 0.05) is 6.07 Å². The van der Waals surface area contributed by atoms with Crippen LogP contribution < -0.4 is 0 Å². The molecule has 24 heavy (non-hydrogen) atoms. The summed E-state index contributed by atoms with van der Waals surface area (Å²) in [4.78, 5) is 0. The van der Waals surface area contributed by atoms with E-state index in [1.807, 2.05) is 27.7 Å². The average molecular weight is 359 g/mol. The number of halogens is 2. The van der Waals surface area contributed by atoms with E-state index in [1.54, 1.807) is 0 Å². The third kappa shape index (κ3) is 9.47. The normalized spacial score (nSPS) is 11.9. The first-order chi connectivity index (χ1) is 11.4. The maximum Gasteiger partial charge on any atom is 0.262 e. The molecule has 0 atom stereocenters. The second kappa shape index (κ2) is 11.7. The Balaban J connectivity index is 2.14. The fraction of sp³-hybridized carbons (Fsp3) is 0.667. The summed E-state index contributed by atoms with van der Waals surface area (Å²) in [6.45, 7) is 7.15. The number of hydrogen-bond acceptors (Lipinski definition) is 3. The minimum absolute atomic E-state index is 0.0455. The van der Waals surface area contributed by atoms with Crippen LogP contribution in [0.1, 0.15) is 52.5 Å². The van der Waals surface area contributed by atoms with Crippen LogP contribution in [-0.4, -0.2) is 28.4 Å². The van der Waals surface area contributed by atoms with E-state index in [-0.39, 0.29) is 12.2 Å². The summed E-state index contributed by atoms with van der Waals surface area (Å²) in [5.74, 6) is -0.990. The molecular formula is C18H28F2O3Si. The first-order valence-corrected chi connectivity index (χ1v) is 9.63. The Kier molecular flexibility index (Phi) is 10.3. The highest BCUT2D eigenvalue weighted by molar-refractivity contribution is 6.27. The van der Waals surface area contributed by atoms with Gasteiger partial charge in [0.1, 0.15) is 11.6 Å². The van der Waals surface area contributed by atoms with E-state index in [0.29, 0.717) is 21.7 Å². The summed E-state index contributed by atoms with van der Waals surface area (Å²) in [6.07, 6.45) is 3.58. The molecule has 136 valence electrons. The number of aryl methyl sites for hydroxylation is 1. The summed E-state index contributed by atoms with van der Waals surface area (Å²) >= 11 is 0. The maximum atomic E-state index is 13.5. The molecule has 0 spiro atoms. The highest BCUT2D eigenvalue weighted by Gasteiger charge is 2.14. The van der Waals surface area contributed by atoms with Gasteiger partial charge in [0.15, 0.2) is 0 Å². The Morgan fingerprint density at radius 3 is 2.21 bits per heavy atom. The van der Waals surface area contributed by atoms with E-state index >= 15 is 0 Å². The van der Waals surface area contributed by atoms with Crippen molar-refractivity contribution in [2.75, 3.05) is 0 Å². The SMILES string of the molecule is CC(C)OC(O[Si]CCCCCc1ccc(F)cc1F)OC(C)C. The van der Waals surface area contributed by atoms with Crippen molar-refractivity contribution >= 4 is 9.76 Å². The topological polar surface area (TPSA) is 27.7 Å². The number of unbranched alkanes of at least 4 members (excludes halogenated alkanes) is 2. The van der Waals surface area contributed by atoms with Gasteiger partial charge in [0.25, 0.3) is 6.48 Å². The lowest BCUT2D eigenvalue weighted by molar-refractivity contribution is -0.275. The first kappa shape index (κ1) is 21.2. The van der Waals surface area contributed by atoms with Gasteiger partial charge >= 0.3 is 0 Å². The molecular weight excluding hydrogens is 330 g/mol. The van der Waals surface area contributed by atoms with Gasteiger partial charge in [0.05, 0.1) is 12.2 Å². The van der Waals surface area contributed by atoms with Gasteiger partial charge in [-0.15, -0.1) is 0 Å². The fourth-order valence-corrected chi connectivity index (χ4v) is 2.83. The molecule has 0 saturated heterocycles. The largest absolute Gasteiger partial charge is 0.372 e. The zero-order valence-corrected chi connectivity index (χ0v) is 16.0. The summed E-state index contributed by atoms with van der Waals surface area (Å²) in [7, 11) is 0.312. The Bertz CT molecular complexity index is 460. The van der Waals surface area contributed by atoms with Gasteiger partial charge in [-0.25, -0.2) is 8.78 Å². The van der Waals surface area contributed by atoms with E-state index < -0.39 is 18.1 Å². The van der Waals surface area contributed by atoms with Crippen LogP contribution in [0.5, 0.6) is 0 Å². The van der Waals surface area contributed by atoms with Crippen LogP contribution in [0.3, 0.4) is 0 Å².